The maximum Gasteiger partial charge on any atom is 0.232 e. The van der Waals surface area contributed by atoms with E-state index in [-0.39, 0.29) is 16.7 Å². The normalized spacial score (nSPS) is 22.2. The number of amides is 1. The van der Waals surface area contributed by atoms with Crippen LogP contribution in [-0.4, -0.2) is 29.5 Å². The summed E-state index contributed by atoms with van der Waals surface area (Å²) in [5, 5.41) is 3.01. The minimum Gasteiger partial charge on any atom is -0.353 e. The maximum absolute atomic E-state index is 11.7. The molecule has 0 aromatic heterocycles. The quantitative estimate of drug-likeness (QED) is 0.743. The fourth-order valence-electron chi connectivity index (χ4n) is 2.12. The molecule has 4 heteroatoms. The molecule has 1 amide bonds. The number of hydrogen-bond donors (Lipinski definition) is 2. The van der Waals surface area contributed by atoms with Crippen molar-refractivity contribution in [1.29, 1.82) is 0 Å². The highest BCUT2D eigenvalue weighted by Crippen LogP contribution is 2.24. The Morgan fingerprint density at radius 2 is 1.94 bits per heavy atom. The van der Waals surface area contributed by atoms with Crippen molar-refractivity contribution in [2.45, 2.75) is 56.2 Å². The summed E-state index contributed by atoms with van der Waals surface area (Å²) in [5.41, 5.74) is 6.17. The minimum atomic E-state index is -0.162. The number of carbonyl (C=O) groups excluding carboxylic acids is 1. The van der Waals surface area contributed by atoms with Crippen LogP contribution >= 0.6 is 11.8 Å². The van der Waals surface area contributed by atoms with Gasteiger partial charge in [0.05, 0.1) is 5.25 Å². The molecule has 0 bridgehead atoms. The zero-order chi connectivity index (χ0) is 12.0. The lowest BCUT2D eigenvalue weighted by Crippen LogP contribution is -2.50. The standard InChI is InChI=1S/C12H24N2OS/c1-10(16-2)11(15)14-9-12(13)7-5-3-4-6-8-12/h10H,3-9,13H2,1-2H3,(H,14,15). The average Bonchev–Trinajstić information content (AvgIpc) is 2.50. The lowest BCUT2D eigenvalue weighted by molar-refractivity contribution is -0.120. The molecule has 94 valence electrons. The van der Waals surface area contributed by atoms with Gasteiger partial charge in [0.2, 0.25) is 5.91 Å². The van der Waals surface area contributed by atoms with Gasteiger partial charge in [0.25, 0.3) is 0 Å². The van der Waals surface area contributed by atoms with Gasteiger partial charge in [-0.25, -0.2) is 0 Å². The zero-order valence-electron chi connectivity index (χ0n) is 10.4. The average molecular weight is 244 g/mol. The second-order valence-corrected chi connectivity index (χ2v) is 6.05. The Bertz CT molecular complexity index is 225. The minimum absolute atomic E-state index is 0.0226. The molecule has 0 radical (unpaired) electrons. The Morgan fingerprint density at radius 1 is 1.38 bits per heavy atom. The van der Waals surface area contributed by atoms with E-state index in [1.54, 1.807) is 11.8 Å². The topological polar surface area (TPSA) is 55.1 Å². The van der Waals surface area contributed by atoms with Crippen LogP contribution in [0.3, 0.4) is 0 Å². The van der Waals surface area contributed by atoms with Gasteiger partial charge < -0.3 is 11.1 Å². The fraction of sp³-hybridized carbons (Fsp3) is 0.917. The summed E-state index contributed by atoms with van der Waals surface area (Å²) in [4.78, 5) is 11.7. The van der Waals surface area contributed by atoms with Crippen LogP contribution in [0.5, 0.6) is 0 Å². The number of thioether (sulfide) groups is 1. The third-order valence-corrected chi connectivity index (χ3v) is 4.36. The van der Waals surface area contributed by atoms with Gasteiger partial charge in [0.15, 0.2) is 0 Å². The Balaban J connectivity index is 2.37. The van der Waals surface area contributed by atoms with Crippen LogP contribution in [-0.2, 0) is 4.79 Å². The third kappa shape index (κ3) is 4.34. The monoisotopic (exact) mass is 244 g/mol. The molecule has 16 heavy (non-hydrogen) atoms. The third-order valence-electron chi connectivity index (χ3n) is 3.44. The fourth-order valence-corrected chi connectivity index (χ4v) is 2.42. The van der Waals surface area contributed by atoms with Crippen molar-refractivity contribution < 1.29 is 4.79 Å². The first-order valence-electron chi connectivity index (χ1n) is 6.17. The lowest BCUT2D eigenvalue weighted by atomic mass is 9.91. The summed E-state index contributed by atoms with van der Waals surface area (Å²) in [7, 11) is 0. The summed E-state index contributed by atoms with van der Waals surface area (Å²) in [5.74, 6) is 0.113. The Kier molecular flexibility index (Phi) is 5.62. The molecule has 1 saturated carbocycles. The van der Waals surface area contributed by atoms with E-state index in [1.807, 2.05) is 13.2 Å². The molecule has 1 rings (SSSR count). The van der Waals surface area contributed by atoms with Crippen LogP contribution < -0.4 is 11.1 Å². The van der Waals surface area contributed by atoms with Crippen LogP contribution in [0.2, 0.25) is 0 Å². The second-order valence-electron chi connectivity index (χ2n) is 4.87. The predicted octanol–water partition coefficient (Wildman–Crippen LogP) is 1.91. The largest absolute Gasteiger partial charge is 0.353 e. The number of nitrogens with one attached hydrogen (secondary N) is 1. The van der Waals surface area contributed by atoms with Gasteiger partial charge in [-0.2, -0.15) is 11.8 Å². The van der Waals surface area contributed by atoms with E-state index in [4.69, 9.17) is 5.73 Å². The molecule has 0 saturated heterocycles. The van der Waals surface area contributed by atoms with Crippen molar-refractivity contribution in [2.24, 2.45) is 5.73 Å². The van der Waals surface area contributed by atoms with Crippen LogP contribution in [0.15, 0.2) is 0 Å². The molecule has 0 heterocycles. The predicted molar refractivity (Wildman–Crippen MR) is 70.6 cm³/mol. The van der Waals surface area contributed by atoms with Gasteiger partial charge in [-0.3, -0.25) is 4.79 Å². The smallest absolute Gasteiger partial charge is 0.232 e. The Morgan fingerprint density at radius 3 is 2.44 bits per heavy atom. The SMILES string of the molecule is CSC(C)C(=O)NCC1(N)CCCCCC1. The molecule has 1 aliphatic rings. The van der Waals surface area contributed by atoms with Crippen LogP contribution in [0.1, 0.15) is 45.4 Å². The van der Waals surface area contributed by atoms with Crippen molar-refractivity contribution in [3.05, 3.63) is 0 Å². The van der Waals surface area contributed by atoms with E-state index < -0.39 is 0 Å². The van der Waals surface area contributed by atoms with Crippen molar-refractivity contribution >= 4 is 17.7 Å². The Hall–Kier alpha value is -0.220. The first-order chi connectivity index (χ1) is 7.57. The summed E-state index contributed by atoms with van der Waals surface area (Å²) >= 11 is 1.57. The highest BCUT2D eigenvalue weighted by Gasteiger charge is 2.27. The van der Waals surface area contributed by atoms with Gasteiger partial charge in [-0.05, 0) is 26.0 Å². The molecule has 1 aliphatic carbocycles. The molecule has 3 N–H and O–H groups in total. The molecule has 1 unspecified atom stereocenters. The van der Waals surface area contributed by atoms with E-state index in [2.05, 4.69) is 5.32 Å². The van der Waals surface area contributed by atoms with Gasteiger partial charge in [0, 0.05) is 12.1 Å². The van der Waals surface area contributed by atoms with E-state index in [0.29, 0.717) is 6.54 Å². The van der Waals surface area contributed by atoms with Crippen molar-refractivity contribution in [2.75, 3.05) is 12.8 Å². The van der Waals surface area contributed by atoms with Crippen LogP contribution in [0.25, 0.3) is 0 Å². The van der Waals surface area contributed by atoms with Crippen LogP contribution in [0, 0.1) is 0 Å². The first-order valence-corrected chi connectivity index (χ1v) is 7.45. The maximum atomic E-state index is 11.7. The van der Waals surface area contributed by atoms with E-state index in [1.165, 1.54) is 25.7 Å². The van der Waals surface area contributed by atoms with Gasteiger partial charge in [-0.15, -0.1) is 0 Å². The highest BCUT2D eigenvalue weighted by atomic mass is 32.2. The van der Waals surface area contributed by atoms with E-state index in [0.717, 1.165) is 12.8 Å². The summed E-state index contributed by atoms with van der Waals surface area (Å²) < 4.78 is 0. The van der Waals surface area contributed by atoms with Crippen molar-refractivity contribution in [3.8, 4) is 0 Å². The molecular formula is C12H24N2OS. The highest BCUT2D eigenvalue weighted by molar-refractivity contribution is 7.99. The second kappa shape index (κ2) is 6.50. The number of rotatable bonds is 4. The number of nitrogens with two attached hydrogens (primary N) is 1. The van der Waals surface area contributed by atoms with Crippen LogP contribution in [0.4, 0.5) is 0 Å². The van der Waals surface area contributed by atoms with Crippen molar-refractivity contribution in [3.63, 3.8) is 0 Å². The Labute approximate surface area is 103 Å². The van der Waals surface area contributed by atoms with Gasteiger partial charge in [-0.1, -0.05) is 25.7 Å². The molecule has 1 atom stereocenters. The molecule has 0 spiro atoms. The van der Waals surface area contributed by atoms with E-state index >= 15 is 0 Å². The van der Waals surface area contributed by atoms with E-state index in [9.17, 15) is 4.79 Å². The van der Waals surface area contributed by atoms with Gasteiger partial charge >= 0.3 is 0 Å². The summed E-state index contributed by atoms with van der Waals surface area (Å²) in [6.45, 7) is 2.56. The van der Waals surface area contributed by atoms with Crippen molar-refractivity contribution in [1.82, 2.24) is 5.32 Å². The molecule has 3 nitrogen and oxygen atoms in total. The van der Waals surface area contributed by atoms with Gasteiger partial charge in [0.1, 0.15) is 0 Å². The summed E-state index contributed by atoms with van der Waals surface area (Å²) in [6, 6.07) is 0. The molecule has 1 fully saturated rings. The lowest BCUT2D eigenvalue weighted by Gasteiger charge is -2.28. The molecule has 0 aromatic carbocycles. The first kappa shape index (κ1) is 13.8. The number of hydrogen-bond acceptors (Lipinski definition) is 3. The molecule has 0 aliphatic heterocycles. The number of carbonyl (C=O) groups is 1. The molecular weight excluding hydrogens is 220 g/mol. The summed E-state index contributed by atoms with van der Waals surface area (Å²) in [6.07, 6.45) is 9.01. The zero-order valence-corrected chi connectivity index (χ0v) is 11.2. The molecule has 0 aromatic rings.